The summed E-state index contributed by atoms with van der Waals surface area (Å²) in [6.07, 6.45) is 6.76. The molecule has 5 unspecified atom stereocenters. The largest absolute Gasteiger partial charge is 0.396 e. The van der Waals surface area contributed by atoms with Gasteiger partial charge in [-0.2, -0.15) is 0 Å². The lowest BCUT2D eigenvalue weighted by Gasteiger charge is -2.22. The molecule has 2 amide bonds. The number of allylic oxidation sites excluding steroid dienone is 2. The average Bonchev–Trinajstić information content (AvgIpc) is 3.07. The van der Waals surface area contributed by atoms with Gasteiger partial charge in [0.15, 0.2) is 0 Å². The van der Waals surface area contributed by atoms with E-state index in [1.54, 1.807) is 0 Å². The summed E-state index contributed by atoms with van der Waals surface area (Å²) < 4.78 is 0. The van der Waals surface area contributed by atoms with Gasteiger partial charge in [0.25, 0.3) is 0 Å². The highest BCUT2D eigenvalue weighted by Gasteiger charge is 2.59. The van der Waals surface area contributed by atoms with Crippen molar-refractivity contribution in [3.63, 3.8) is 0 Å². The maximum atomic E-state index is 12.5. The maximum Gasteiger partial charge on any atom is 0.233 e. The molecular weight excluding hydrogens is 242 g/mol. The number of aliphatic hydroxyl groups excluding tert-OH is 1. The zero-order valence-electron chi connectivity index (χ0n) is 11.3. The maximum absolute atomic E-state index is 12.5. The van der Waals surface area contributed by atoms with E-state index in [-0.39, 0.29) is 48.0 Å². The molecule has 0 aromatic carbocycles. The average molecular weight is 263 g/mol. The predicted molar refractivity (Wildman–Crippen MR) is 69.9 cm³/mol. The summed E-state index contributed by atoms with van der Waals surface area (Å²) in [7, 11) is 0. The Morgan fingerprint density at radius 3 is 2.32 bits per heavy atom. The number of hydrogen-bond acceptors (Lipinski definition) is 3. The smallest absolute Gasteiger partial charge is 0.233 e. The van der Waals surface area contributed by atoms with Crippen LogP contribution in [0.15, 0.2) is 12.2 Å². The number of hydrogen-bond donors (Lipinski definition) is 1. The minimum atomic E-state index is -0.0888. The van der Waals surface area contributed by atoms with E-state index in [0.717, 1.165) is 12.8 Å². The molecule has 5 atom stereocenters. The van der Waals surface area contributed by atoms with Crippen molar-refractivity contribution in [1.82, 2.24) is 4.90 Å². The molecule has 3 aliphatic rings. The highest BCUT2D eigenvalue weighted by Crippen LogP contribution is 2.52. The van der Waals surface area contributed by atoms with Crippen molar-refractivity contribution in [1.29, 1.82) is 0 Å². The van der Waals surface area contributed by atoms with E-state index in [1.165, 1.54) is 4.90 Å². The number of nitrogens with zero attached hydrogens (tertiary/aromatic N) is 1. The Balaban J connectivity index is 1.75. The summed E-state index contributed by atoms with van der Waals surface area (Å²) in [5, 5.41) is 9.03. The lowest BCUT2D eigenvalue weighted by Crippen LogP contribution is -2.37. The summed E-state index contributed by atoms with van der Waals surface area (Å²) in [6.45, 7) is 2.65. The topological polar surface area (TPSA) is 57.6 Å². The van der Waals surface area contributed by atoms with Gasteiger partial charge in [-0.25, -0.2) is 0 Å². The third kappa shape index (κ3) is 1.84. The van der Waals surface area contributed by atoms with Crippen LogP contribution in [0.2, 0.25) is 0 Å². The first kappa shape index (κ1) is 12.9. The molecule has 0 spiro atoms. The van der Waals surface area contributed by atoms with Gasteiger partial charge in [0.2, 0.25) is 11.8 Å². The molecule has 104 valence electrons. The van der Waals surface area contributed by atoms with Crippen LogP contribution < -0.4 is 0 Å². The Kier molecular flexibility index (Phi) is 3.21. The van der Waals surface area contributed by atoms with E-state index < -0.39 is 0 Å². The number of fused-ring (bicyclic) bond motifs is 5. The van der Waals surface area contributed by atoms with Crippen LogP contribution >= 0.6 is 0 Å². The van der Waals surface area contributed by atoms with Crippen LogP contribution in [0.1, 0.15) is 26.2 Å². The Morgan fingerprint density at radius 2 is 1.84 bits per heavy atom. The summed E-state index contributed by atoms with van der Waals surface area (Å²) in [6, 6.07) is 0. The van der Waals surface area contributed by atoms with Crippen molar-refractivity contribution >= 4 is 11.8 Å². The molecule has 4 nitrogen and oxygen atoms in total. The monoisotopic (exact) mass is 263 g/mol. The Morgan fingerprint density at radius 1 is 1.26 bits per heavy atom. The third-order valence-corrected chi connectivity index (χ3v) is 5.12. The van der Waals surface area contributed by atoms with E-state index in [0.29, 0.717) is 13.0 Å². The van der Waals surface area contributed by atoms with Crippen LogP contribution in [0.5, 0.6) is 0 Å². The molecule has 2 aliphatic carbocycles. The van der Waals surface area contributed by atoms with E-state index in [4.69, 9.17) is 5.11 Å². The van der Waals surface area contributed by atoms with Crippen molar-refractivity contribution in [2.45, 2.75) is 26.2 Å². The lowest BCUT2D eigenvalue weighted by molar-refractivity contribution is -0.141. The van der Waals surface area contributed by atoms with Gasteiger partial charge >= 0.3 is 0 Å². The standard InChI is InChI=1S/C15H21NO3/c1-2-9(5-6-17)8-16-14(18)12-10-3-4-11(7-10)13(12)15(16)19/h3-4,9-13,17H,2,5-8H2,1H3. The summed E-state index contributed by atoms with van der Waals surface area (Å²) in [4.78, 5) is 26.4. The minimum Gasteiger partial charge on any atom is -0.396 e. The quantitative estimate of drug-likeness (QED) is 0.599. The number of carbonyl (C=O) groups is 2. The third-order valence-electron chi connectivity index (χ3n) is 5.12. The fourth-order valence-corrected chi connectivity index (χ4v) is 4.01. The molecule has 0 radical (unpaired) electrons. The zero-order chi connectivity index (χ0) is 13.6. The van der Waals surface area contributed by atoms with Crippen LogP contribution in [0.4, 0.5) is 0 Å². The second-order valence-electron chi connectivity index (χ2n) is 6.07. The van der Waals surface area contributed by atoms with Gasteiger partial charge in [-0.05, 0) is 30.6 Å². The molecule has 1 heterocycles. The second kappa shape index (κ2) is 4.75. The molecule has 2 fully saturated rings. The molecule has 1 saturated heterocycles. The molecule has 19 heavy (non-hydrogen) atoms. The van der Waals surface area contributed by atoms with E-state index in [9.17, 15) is 9.59 Å². The van der Waals surface area contributed by atoms with Gasteiger partial charge in [0.05, 0.1) is 11.8 Å². The van der Waals surface area contributed by atoms with Crippen LogP contribution in [-0.2, 0) is 9.59 Å². The first-order valence-corrected chi connectivity index (χ1v) is 7.31. The van der Waals surface area contributed by atoms with Crippen molar-refractivity contribution in [2.24, 2.45) is 29.6 Å². The van der Waals surface area contributed by atoms with Crippen LogP contribution in [0.3, 0.4) is 0 Å². The normalized spacial score (nSPS) is 37.3. The first-order chi connectivity index (χ1) is 9.17. The van der Waals surface area contributed by atoms with Gasteiger partial charge in [0, 0.05) is 13.2 Å². The van der Waals surface area contributed by atoms with Crippen molar-refractivity contribution < 1.29 is 14.7 Å². The van der Waals surface area contributed by atoms with Crippen molar-refractivity contribution in [2.75, 3.05) is 13.2 Å². The first-order valence-electron chi connectivity index (χ1n) is 7.31. The molecule has 2 bridgehead atoms. The van der Waals surface area contributed by atoms with Crippen LogP contribution in [0, 0.1) is 29.6 Å². The summed E-state index contributed by atoms with van der Waals surface area (Å²) in [5.74, 6) is 0.681. The van der Waals surface area contributed by atoms with E-state index in [2.05, 4.69) is 12.2 Å². The minimum absolute atomic E-state index is 0.0308. The lowest BCUT2D eigenvalue weighted by atomic mass is 9.85. The fourth-order valence-electron chi connectivity index (χ4n) is 4.01. The Labute approximate surface area is 113 Å². The van der Waals surface area contributed by atoms with Crippen molar-refractivity contribution in [3.8, 4) is 0 Å². The molecule has 1 saturated carbocycles. The number of likely N-dealkylation sites (tertiary alicyclic amines) is 1. The molecular formula is C15H21NO3. The predicted octanol–water partition coefficient (Wildman–Crippen LogP) is 1.20. The summed E-state index contributed by atoms with van der Waals surface area (Å²) in [5.41, 5.74) is 0. The SMILES string of the molecule is CCC(CCO)CN1C(=O)C2C3C=CC(C3)C2C1=O. The highest BCUT2D eigenvalue weighted by molar-refractivity contribution is 6.06. The number of rotatable bonds is 5. The zero-order valence-corrected chi connectivity index (χ0v) is 11.3. The van der Waals surface area contributed by atoms with Crippen molar-refractivity contribution in [3.05, 3.63) is 12.2 Å². The molecule has 3 rings (SSSR count). The Hall–Kier alpha value is -1.16. The molecule has 1 N–H and O–H groups in total. The molecule has 1 aliphatic heterocycles. The number of carbonyl (C=O) groups excluding carboxylic acids is 2. The van der Waals surface area contributed by atoms with Gasteiger partial charge < -0.3 is 5.11 Å². The number of amides is 2. The number of imide groups is 1. The molecule has 4 heteroatoms. The number of aliphatic hydroxyl groups is 1. The van der Waals surface area contributed by atoms with Gasteiger partial charge in [0.1, 0.15) is 0 Å². The molecule has 0 aromatic heterocycles. The summed E-state index contributed by atoms with van der Waals surface area (Å²) >= 11 is 0. The van der Waals surface area contributed by atoms with Crippen LogP contribution in [0.25, 0.3) is 0 Å². The second-order valence-corrected chi connectivity index (χ2v) is 6.07. The highest BCUT2D eigenvalue weighted by atomic mass is 16.3. The molecule has 0 aromatic rings. The van der Waals surface area contributed by atoms with Crippen LogP contribution in [-0.4, -0.2) is 35.0 Å². The van der Waals surface area contributed by atoms with E-state index >= 15 is 0 Å². The van der Waals surface area contributed by atoms with E-state index in [1.807, 2.05) is 6.92 Å². The van der Waals surface area contributed by atoms with Gasteiger partial charge in [-0.3, -0.25) is 14.5 Å². The van der Waals surface area contributed by atoms with Gasteiger partial charge in [-0.15, -0.1) is 0 Å². The van der Waals surface area contributed by atoms with Gasteiger partial charge in [-0.1, -0.05) is 25.5 Å². The fraction of sp³-hybridized carbons (Fsp3) is 0.733. The Bertz CT molecular complexity index is 401.